The van der Waals surface area contributed by atoms with Crippen LogP contribution < -0.4 is 5.32 Å². The summed E-state index contributed by atoms with van der Waals surface area (Å²) in [6.07, 6.45) is 13.3. The number of piperidine rings is 1. The molecule has 0 aromatic carbocycles. The molecule has 0 radical (unpaired) electrons. The lowest BCUT2D eigenvalue weighted by Crippen LogP contribution is -2.38. The summed E-state index contributed by atoms with van der Waals surface area (Å²) in [4.78, 5) is 27.7. The Morgan fingerprint density at radius 2 is 2.00 bits per heavy atom. The largest absolute Gasteiger partial charge is 0.339 e. The SMILES string of the molecule is Cc1cccnc1Nc1cnc(CC2CCN(C(=O)/C=C/c3ccnn3C)CC2)cn1. The minimum Gasteiger partial charge on any atom is -0.339 e. The van der Waals surface area contributed by atoms with Crippen LogP contribution in [-0.4, -0.2) is 48.6 Å². The molecule has 1 N–H and O–H groups in total. The highest BCUT2D eigenvalue weighted by atomic mass is 16.2. The molecule has 31 heavy (non-hydrogen) atoms. The standard InChI is InChI=1S/C23H27N7O/c1-17-4-3-10-24-23(17)28-21-16-25-19(15-26-21)14-18-8-12-30(13-9-18)22(31)6-5-20-7-11-27-29(20)2/h3-7,10-11,15-16,18H,8-9,12-14H2,1-2H3,(H,24,26,28)/b6-5+. The van der Waals surface area contributed by atoms with Crippen molar-refractivity contribution < 1.29 is 4.79 Å². The van der Waals surface area contributed by atoms with E-state index in [1.54, 1.807) is 29.3 Å². The number of nitrogens with one attached hydrogen (secondary N) is 1. The van der Waals surface area contributed by atoms with Gasteiger partial charge in [-0.1, -0.05) is 6.07 Å². The van der Waals surface area contributed by atoms with Gasteiger partial charge in [0.15, 0.2) is 0 Å². The summed E-state index contributed by atoms with van der Waals surface area (Å²) in [6, 6.07) is 5.80. The van der Waals surface area contributed by atoms with Crippen molar-refractivity contribution in [3.63, 3.8) is 0 Å². The number of aromatic nitrogens is 5. The maximum absolute atomic E-state index is 12.5. The molecule has 4 rings (SSSR count). The van der Waals surface area contributed by atoms with E-state index in [2.05, 4.69) is 25.4 Å². The van der Waals surface area contributed by atoms with Crippen molar-refractivity contribution in [3.8, 4) is 0 Å². The summed E-state index contributed by atoms with van der Waals surface area (Å²) in [5.74, 6) is 2.04. The van der Waals surface area contributed by atoms with Crippen LogP contribution in [0.4, 0.5) is 11.6 Å². The van der Waals surface area contributed by atoms with Crippen molar-refractivity contribution in [2.24, 2.45) is 13.0 Å². The Hall–Kier alpha value is -3.55. The highest BCUT2D eigenvalue weighted by Crippen LogP contribution is 2.22. The number of amides is 1. The van der Waals surface area contributed by atoms with Gasteiger partial charge >= 0.3 is 0 Å². The van der Waals surface area contributed by atoms with Gasteiger partial charge in [0.2, 0.25) is 5.91 Å². The molecule has 0 unspecified atom stereocenters. The molecule has 160 valence electrons. The molecule has 0 atom stereocenters. The number of likely N-dealkylation sites (tertiary alicyclic amines) is 1. The Labute approximate surface area is 182 Å². The monoisotopic (exact) mass is 417 g/mol. The number of rotatable bonds is 6. The number of nitrogens with zero attached hydrogens (tertiary/aromatic N) is 6. The summed E-state index contributed by atoms with van der Waals surface area (Å²) in [6.45, 7) is 3.54. The average molecular weight is 418 g/mol. The van der Waals surface area contributed by atoms with Crippen molar-refractivity contribution in [2.75, 3.05) is 18.4 Å². The van der Waals surface area contributed by atoms with Gasteiger partial charge in [-0.3, -0.25) is 14.5 Å². The molecular formula is C23H27N7O. The van der Waals surface area contributed by atoms with Gasteiger partial charge in [-0.2, -0.15) is 5.10 Å². The first kappa shape index (κ1) is 20.7. The van der Waals surface area contributed by atoms with E-state index < -0.39 is 0 Å². The van der Waals surface area contributed by atoms with Gasteiger partial charge in [0.05, 0.1) is 23.8 Å². The van der Waals surface area contributed by atoms with Gasteiger partial charge in [-0.15, -0.1) is 0 Å². The van der Waals surface area contributed by atoms with Crippen LogP contribution in [0.3, 0.4) is 0 Å². The lowest BCUT2D eigenvalue weighted by atomic mass is 9.92. The van der Waals surface area contributed by atoms with E-state index >= 15 is 0 Å². The first-order valence-electron chi connectivity index (χ1n) is 10.5. The normalized spacial score (nSPS) is 14.8. The maximum Gasteiger partial charge on any atom is 0.246 e. The fourth-order valence-corrected chi connectivity index (χ4v) is 3.73. The molecule has 8 nitrogen and oxygen atoms in total. The zero-order valence-electron chi connectivity index (χ0n) is 17.9. The summed E-state index contributed by atoms with van der Waals surface area (Å²) in [5.41, 5.74) is 2.95. The van der Waals surface area contributed by atoms with E-state index in [0.717, 1.165) is 55.1 Å². The first-order valence-corrected chi connectivity index (χ1v) is 10.5. The van der Waals surface area contributed by atoms with Crippen LogP contribution >= 0.6 is 0 Å². The Balaban J connectivity index is 1.26. The third kappa shape index (κ3) is 5.33. The molecule has 0 spiro atoms. The van der Waals surface area contributed by atoms with E-state index in [9.17, 15) is 4.79 Å². The second kappa shape index (κ2) is 9.51. The number of hydrogen-bond donors (Lipinski definition) is 1. The van der Waals surface area contributed by atoms with E-state index in [-0.39, 0.29) is 5.91 Å². The minimum absolute atomic E-state index is 0.0553. The molecule has 3 aromatic rings. The lowest BCUT2D eigenvalue weighted by Gasteiger charge is -2.31. The van der Waals surface area contributed by atoms with Crippen LogP contribution in [0.1, 0.15) is 29.8 Å². The molecule has 1 fully saturated rings. The topological polar surface area (TPSA) is 88.8 Å². The second-order valence-electron chi connectivity index (χ2n) is 7.87. The quantitative estimate of drug-likeness (QED) is 0.620. The number of hydrogen-bond acceptors (Lipinski definition) is 6. The molecular weight excluding hydrogens is 390 g/mol. The molecule has 8 heteroatoms. The Kier molecular flexibility index (Phi) is 6.35. The Morgan fingerprint density at radius 1 is 1.16 bits per heavy atom. The summed E-state index contributed by atoms with van der Waals surface area (Å²) in [5, 5.41) is 7.32. The predicted molar refractivity (Wildman–Crippen MR) is 120 cm³/mol. The fraction of sp³-hybridized carbons (Fsp3) is 0.348. The molecule has 1 aliphatic rings. The van der Waals surface area contributed by atoms with Crippen molar-refractivity contribution in [3.05, 3.63) is 66.0 Å². The van der Waals surface area contributed by atoms with E-state index in [1.807, 2.05) is 49.3 Å². The first-order chi connectivity index (χ1) is 15.1. The molecule has 1 saturated heterocycles. The van der Waals surface area contributed by atoms with Crippen LogP contribution in [0, 0.1) is 12.8 Å². The molecule has 1 aliphatic heterocycles. The van der Waals surface area contributed by atoms with Crippen molar-refractivity contribution >= 4 is 23.6 Å². The van der Waals surface area contributed by atoms with Crippen LogP contribution in [0.15, 0.2) is 49.1 Å². The van der Waals surface area contributed by atoms with Crippen molar-refractivity contribution in [1.29, 1.82) is 0 Å². The second-order valence-corrected chi connectivity index (χ2v) is 7.87. The van der Waals surface area contributed by atoms with Crippen LogP contribution in [0.5, 0.6) is 0 Å². The lowest BCUT2D eigenvalue weighted by molar-refractivity contribution is -0.127. The van der Waals surface area contributed by atoms with E-state index in [4.69, 9.17) is 0 Å². The summed E-state index contributed by atoms with van der Waals surface area (Å²) in [7, 11) is 1.86. The molecule has 0 bridgehead atoms. The molecule has 4 heterocycles. The highest BCUT2D eigenvalue weighted by Gasteiger charge is 2.22. The van der Waals surface area contributed by atoms with Gasteiger partial charge in [-0.25, -0.2) is 9.97 Å². The zero-order chi connectivity index (χ0) is 21.6. The van der Waals surface area contributed by atoms with Crippen LogP contribution in [-0.2, 0) is 18.3 Å². The third-order valence-electron chi connectivity index (χ3n) is 5.64. The summed E-state index contributed by atoms with van der Waals surface area (Å²) >= 11 is 0. The minimum atomic E-state index is 0.0553. The molecule has 0 aliphatic carbocycles. The van der Waals surface area contributed by atoms with Gasteiger partial charge in [0.1, 0.15) is 11.6 Å². The van der Waals surface area contributed by atoms with Crippen molar-refractivity contribution in [2.45, 2.75) is 26.2 Å². The summed E-state index contributed by atoms with van der Waals surface area (Å²) < 4.78 is 1.75. The molecule has 0 saturated carbocycles. The predicted octanol–water partition coefficient (Wildman–Crippen LogP) is 3.15. The Bertz CT molecular complexity index is 1050. The van der Waals surface area contributed by atoms with Crippen LogP contribution in [0.25, 0.3) is 6.08 Å². The maximum atomic E-state index is 12.5. The van der Waals surface area contributed by atoms with Gasteiger partial charge in [-0.05, 0) is 55.9 Å². The van der Waals surface area contributed by atoms with Gasteiger partial charge in [0, 0.05) is 38.6 Å². The molecule has 3 aromatic heterocycles. The third-order valence-corrected chi connectivity index (χ3v) is 5.64. The smallest absolute Gasteiger partial charge is 0.246 e. The number of carbonyl (C=O) groups is 1. The number of anilines is 2. The zero-order valence-corrected chi connectivity index (χ0v) is 17.9. The average Bonchev–Trinajstić information content (AvgIpc) is 3.20. The Morgan fingerprint density at radius 3 is 2.68 bits per heavy atom. The van der Waals surface area contributed by atoms with E-state index in [1.165, 1.54) is 0 Å². The number of pyridine rings is 1. The number of carbonyl (C=O) groups excluding carboxylic acids is 1. The number of aryl methyl sites for hydroxylation is 2. The van der Waals surface area contributed by atoms with Gasteiger partial charge < -0.3 is 10.2 Å². The molecule has 1 amide bonds. The van der Waals surface area contributed by atoms with Gasteiger partial charge in [0.25, 0.3) is 0 Å². The van der Waals surface area contributed by atoms with Crippen LogP contribution in [0.2, 0.25) is 0 Å². The van der Waals surface area contributed by atoms with Crippen molar-refractivity contribution in [1.82, 2.24) is 29.6 Å². The van der Waals surface area contributed by atoms with E-state index in [0.29, 0.717) is 11.7 Å². The fourth-order valence-electron chi connectivity index (χ4n) is 3.73. The highest BCUT2D eigenvalue weighted by molar-refractivity contribution is 5.91.